The van der Waals surface area contributed by atoms with Gasteiger partial charge in [-0.15, -0.1) is 0 Å². The Morgan fingerprint density at radius 3 is 2.52 bits per heavy atom. The van der Waals surface area contributed by atoms with E-state index in [1.54, 1.807) is 36.5 Å². The Morgan fingerprint density at radius 1 is 1.19 bits per heavy atom. The Kier molecular flexibility index (Phi) is 4.46. The molecule has 21 heavy (non-hydrogen) atoms. The Hall–Kier alpha value is -2.95. The summed E-state index contributed by atoms with van der Waals surface area (Å²) in [7, 11) is 0. The van der Waals surface area contributed by atoms with E-state index >= 15 is 0 Å². The average Bonchev–Trinajstić information content (AvgIpc) is 2.46. The summed E-state index contributed by atoms with van der Waals surface area (Å²) in [5.74, 6) is -1.24. The second-order valence-electron chi connectivity index (χ2n) is 4.50. The minimum atomic E-state index is -1.00. The number of hydrogen-bond donors (Lipinski definition) is 2. The van der Waals surface area contributed by atoms with Crippen molar-refractivity contribution in [1.82, 2.24) is 4.98 Å². The van der Waals surface area contributed by atoms with E-state index in [0.29, 0.717) is 11.3 Å². The Bertz CT molecular complexity index is 691. The van der Waals surface area contributed by atoms with Crippen LogP contribution in [-0.4, -0.2) is 22.0 Å². The van der Waals surface area contributed by atoms with Gasteiger partial charge in [-0.1, -0.05) is 12.1 Å². The van der Waals surface area contributed by atoms with Crippen molar-refractivity contribution in [2.45, 2.75) is 6.92 Å². The fraction of sp³-hybridized carbons (Fsp3) is 0.0625. The lowest BCUT2D eigenvalue weighted by Gasteiger charge is -2.05. The van der Waals surface area contributed by atoms with E-state index in [1.165, 1.54) is 12.3 Å². The van der Waals surface area contributed by atoms with Crippen LogP contribution in [0.1, 0.15) is 21.5 Å². The third kappa shape index (κ3) is 4.28. The minimum Gasteiger partial charge on any atom is -0.478 e. The first-order valence-electron chi connectivity index (χ1n) is 6.29. The van der Waals surface area contributed by atoms with E-state index in [9.17, 15) is 9.59 Å². The van der Waals surface area contributed by atoms with Crippen LogP contribution in [0.25, 0.3) is 6.08 Å². The van der Waals surface area contributed by atoms with Crippen LogP contribution < -0.4 is 5.32 Å². The zero-order chi connectivity index (χ0) is 15.2. The third-order valence-corrected chi connectivity index (χ3v) is 2.72. The number of rotatable bonds is 4. The molecule has 1 aromatic heterocycles. The van der Waals surface area contributed by atoms with E-state index in [4.69, 9.17) is 5.11 Å². The molecule has 0 radical (unpaired) electrons. The molecule has 5 nitrogen and oxygen atoms in total. The first-order valence-corrected chi connectivity index (χ1v) is 6.29. The summed E-state index contributed by atoms with van der Waals surface area (Å²) in [4.78, 5) is 26.4. The first kappa shape index (κ1) is 14.5. The van der Waals surface area contributed by atoms with Gasteiger partial charge >= 0.3 is 5.97 Å². The molecule has 0 atom stereocenters. The van der Waals surface area contributed by atoms with E-state index < -0.39 is 5.97 Å². The lowest BCUT2D eigenvalue weighted by Crippen LogP contribution is -2.12. The summed E-state index contributed by atoms with van der Waals surface area (Å²) in [6.07, 6.45) is 5.73. The maximum absolute atomic E-state index is 12.0. The van der Waals surface area contributed by atoms with Crippen molar-refractivity contribution in [3.63, 3.8) is 0 Å². The molecule has 0 spiro atoms. The zero-order valence-corrected chi connectivity index (χ0v) is 11.4. The highest BCUT2D eigenvalue weighted by Gasteiger charge is 2.06. The second-order valence-corrected chi connectivity index (χ2v) is 4.50. The molecule has 0 aliphatic rings. The summed E-state index contributed by atoms with van der Waals surface area (Å²) >= 11 is 0. The van der Waals surface area contributed by atoms with Gasteiger partial charge in [-0.3, -0.25) is 9.78 Å². The molecule has 0 aliphatic carbocycles. The number of carbonyl (C=O) groups excluding carboxylic acids is 1. The number of carbonyl (C=O) groups is 2. The predicted octanol–water partition coefficient (Wildman–Crippen LogP) is 2.74. The smallest absolute Gasteiger partial charge is 0.328 e. The standard InChI is InChI=1S/C16H14N2O3/c1-11-8-13(10-17-9-11)16(21)18-14-5-2-12(3-6-14)4-7-15(19)20/h2-10H,1H3,(H,18,21)(H,19,20). The molecule has 0 saturated carbocycles. The molecule has 2 rings (SSSR count). The van der Waals surface area contributed by atoms with Gasteiger partial charge < -0.3 is 10.4 Å². The third-order valence-electron chi connectivity index (χ3n) is 2.72. The van der Waals surface area contributed by atoms with Gasteiger partial charge in [0.2, 0.25) is 0 Å². The van der Waals surface area contributed by atoms with Crippen molar-refractivity contribution in [1.29, 1.82) is 0 Å². The molecule has 0 saturated heterocycles. The molecule has 106 valence electrons. The summed E-state index contributed by atoms with van der Waals surface area (Å²) in [5.41, 5.74) is 2.78. The highest BCUT2D eigenvalue weighted by Crippen LogP contribution is 2.12. The molecule has 5 heteroatoms. The van der Waals surface area contributed by atoms with Crippen molar-refractivity contribution >= 4 is 23.6 Å². The van der Waals surface area contributed by atoms with E-state index in [2.05, 4.69) is 10.3 Å². The molecule has 0 unspecified atom stereocenters. The molecular formula is C16H14N2O3. The van der Waals surface area contributed by atoms with E-state index in [0.717, 1.165) is 17.2 Å². The number of nitrogens with one attached hydrogen (secondary N) is 1. The van der Waals surface area contributed by atoms with Crippen molar-refractivity contribution < 1.29 is 14.7 Å². The van der Waals surface area contributed by atoms with Gasteiger partial charge in [0.25, 0.3) is 5.91 Å². The number of carboxylic acid groups (broad SMARTS) is 1. The first-order chi connectivity index (χ1) is 10.0. The molecule has 1 heterocycles. The lowest BCUT2D eigenvalue weighted by atomic mass is 10.1. The van der Waals surface area contributed by atoms with Gasteiger partial charge in [0.05, 0.1) is 5.56 Å². The van der Waals surface area contributed by atoms with Crippen molar-refractivity contribution in [3.05, 3.63) is 65.5 Å². The quantitative estimate of drug-likeness (QED) is 0.845. The van der Waals surface area contributed by atoms with Crippen LogP contribution in [0, 0.1) is 6.92 Å². The van der Waals surface area contributed by atoms with Crippen LogP contribution in [0.4, 0.5) is 5.69 Å². The van der Waals surface area contributed by atoms with Crippen LogP contribution in [0.3, 0.4) is 0 Å². The van der Waals surface area contributed by atoms with Crippen LogP contribution in [-0.2, 0) is 4.79 Å². The van der Waals surface area contributed by atoms with Gasteiger partial charge in [-0.05, 0) is 42.3 Å². The Balaban J connectivity index is 2.06. The Morgan fingerprint density at radius 2 is 1.90 bits per heavy atom. The van der Waals surface area contributed by atoms with Gasteiger partial charge in [0.1, 0.15) is 0 Å². The largest absolute Gasteiger partial charge is 0.478 e. The lowest BCUT2D eigenvalue weighted by molar-refractivity contribution is -0.131. The van der Waals surface area contributed by atoms with Crippen LogP contribution in [0.2, 0.25) is 0 Å². The number of anilines is 1. The van der Waals surface area contributed by atoms with Gasteiger partial charge in [0, 0.05) is 24.2 Å². The Labute approximate surface area is 122 Å². The second kappa shape index (κ2) is 6.47. The van der Waals surface area contributed by atoms with Gasteiger partial charge in [0.15, 0.2) is 0 Å². The SMILES string of the molecule is Cc1cncc(C(=O)Nc2ccc(C=CC(=O)O)cc2)c1. The molecular weight excluding hydrogens is 268 g/mol. The van der Waals surface area contributed by atoms with Crippen molar-refractivity contribution in [2.24, 2.45) is 0 Å². The molecule has 1 aromatic carbocycles. The molecule has 2 N–H and O–H groups in total. The minimum absolute atomic E-state index is 0.236. The maximum Gasteiger partial charge on any atom is 0.328 e. The number of benzene rings is 1. The number of amides is 1. The highest BCUT2D eigenvalue weighted by atomic mass is 16.4. The van der Waals surface area contributed by atoms with E-state index in [1.807, 2.05) is 6.92 Å². The average molecular weight is 282 g/mol. The van der Waals surface area contributed by atoms with Crippen LogP contribution in [0.5, 0.6) is 0 Å². The molecule has 2 aromatic rings. The normalized spacial score (nSPS) is 10.5. The highest BCUT2D eigenvalue weighted by molar-refractivity contribution is 6.04. The number of nitrogens with zero attached hydrogens (tertiary/aromatic N) is 1. The van der Waals surface area contributed by atoms with Crippen molar-refractivity contribution in [2.75, 3.05) is 5.32 Å². The molecule has 1 amide bonds. The number of hydrogen-bond acceptors (Lipinski definition) is 3. The summed E-state index contributed by atoms with van der Waals surface area (Å²) in [6, 6.07) is 8.63. The van der Waals surface area contributed by atoms with Crippen LogP contribution in [0.15, 0.2) is 48.8 Å². The maximum atomic E-state index is 12.0. The summed E-state index contributed by atoms with van der Waals surface area (Å²) in [6.45, 7) is 1.87. The topological polar surface area (TPSA) is 79.3 Å². The number of aryl methyl sites for hydroxylation is 1. The van der Waals surface area contributed by atoms with Crippen LogP contribution >= 0.6 is 0 Å². The fourth-order valence-corrected chi connectivity index (χ4v) is 1.73. The fourth-order valence-electron chi connectivity index (χ4n) is 1.73. The molecule has 0 fully saturated rings. The molecule has 0 aliphatic heterocycles. The summed E-state index contributed by atoms with van der Waals surface area (Å²) in [5, 5.41) is 11.3. The number of aromatic nitrogens is 1. The van der Waals surface area contributed by atoms with Crippen molar-refractivity contribution in [3.8, 4) is 0 Å². The van der Waals surface area contributed by atoms with E-state index in [-0.39, 0.29) is 5.91 Å². The van der Waals surface area contributed by atoms with Gasteiger partial charge in [-0.25, -0.2) is 4.79 Å². The zero-order valence-electron chi connectivity index (χ0n) is 11.4. The van der Waals surface area contributed by atoms with Gasteiger partial charge in [-0.2, -0.15) is 0 Å². The molecule has 0 bridgehead atoms. The number of aliphatic carboxylic acids is 1. The monoisotopic (exact) mass is 282 g/mol. The summed E-state index contributed by atoms with van der Waals surface area (Å²) < 4.78 is 0. The predicted molar refractivity (Wildman–Crippen MR) is 80.0 cm³/mol. The number of pyridine rings is 1. The number of carboxylic acids is 1.